The van der Waals surface area contributed by atoms with Gasteiger partial charge < -0.3 is 20.1 Å². The number of rotatable bonds is 6. The Morgan fingerprint density at radius 1 is 0.952 bits per heavy atom. The van der Waals surface area contributed by atoms with E-state index in [4.69, 9.17) is 9.84 Å². The minimum Gasteiger partial charge on any atom is -0.489 e. The average molecular weight is 292 g/mol. The van der Waals surface area contributed by atoms with Crippen molar-refractivity contribution in [2.24, 2.45) is 0 Å². The zero-order valence-corrected chi connectivity index (χ0v) is 11.3. The highest BCUT2D eigenvalue weighted by Gasteiger charge is 2.17. The van der Waals surface area contributed by atoms with Crippen LogP contribution in [0.1, 0.15) is 17.2 Å². The van der Waals surface area contributed by atoms with Crippen molar-refractivity contribution < 1.29 is 24.4 Å². The predicted octanol–water partition coefficient (Wildman–Crippen LogP) is 1.79. The molecule has 0 amide bonds. The van der Waals surface area contributed by atoms with Crippen LogP contribution in [0.3, 0.4) is 0 Å². The van der Waals surface area contributed by atoms with Crippen LogP contribution in [0.2, 0.25) is 0 Å². The molecule has 0 aliphatic heterocycles. The zero-order valence-electron chi connectivity index (χ0n) is 11.3. The van der Waals surface area contributed by atoms with E-state index in [1.54, 1.807) is 36.4 Å². The first-order chi connectivity index (χ1) is 10.1. The molecule has 0 aliphatic carbocycles. The Morgan fingerprint density at radius 2 is 1.57 bits per heavy atom. The molecule has 2 aromatic rings. The van der Waals surface area contributed by atoms with Gasteiger partial charge in [-0.25, -0.2) is 4.39 Å². The third-order valence-electron chi connectivity index (χ3n) is 3.09. The highest BCUT2D eigenvalue weighted by atomic mass is 19.1. The van der Waals surface area contributed by atoms with Crippen molar-refractivity contribution in [2.45, 2.75) is 18.8 Å². The number of ether oxygens (including phenoxy) is 1. The van der Waals surface area contributed by atoms with Crippen LogP contribution in [0, 0.1) is 5.82 Å². The minimum atomic E-state index is -1.21. The molecule has 2 unspecified atom stereocenters. The van der Waals surface area contributed by atoms with Gasteiger partial charge in [0.25, 0.3) is 0 Å². The fraction of sp³-hybridized carbons (Fsp3) is 0.250. The lowest BCUT2D eigenvalue weighted by molar-refractivity contribution is -0.0152. The molecule has 0 fully saturated rings. The maximum atomic E-state index is 12.8. The highest BCUT2D eigenvalue weighted by Crippen LogP contribution is 2.21. The van der Waals surface area contributed by atoms with Crippen LogP contribution in [0.15, 0.2) is 48.5 Å². The number of benzene rings is 2. The summed E-state index contributed by atoms with van der Waals surface area (Å²) in [6, 6.07) is 12.6. The maximum Gasteiger partial charge on any atom is 0.123 e. The molecule has 0 saturated heterocycles. The van der Waals surface area contributed by atoms with Gasteiger partial charge in [-0.05, 0) is 35.4 Å². The van der Waals surface area contributed by atoms with Gasteiger partial charge in [-0.3, -0.25) is 0 Å². The van der Waals surface area contributed by atoms with E-state index in [0.717, 1.165) is 5.56 Å². The molecular weight excluding hydrogens is 275 g/mol. The van der Waals surface area contributed by atoms with Crippen LogP contribution in [0.25, 0.3) is 0 Å². The van der Waals surface area contributed by atoms with Gasteiger partial charge in [-0.1, -0.05) is 24.3 Å². The third kappa shape index (κ3) is 4.26. The molecule has 0 spiro atoms. The van der Waals surface area contributed by atoms with E-state index in [-0.39, 0.29) is 5.82 Å². The zero-order chi connectivity index (χ0) is 15.2. The second-order valence-electron chi connectivity index (χ2n) is 4.68. The van der Waals surface area contributed by atoms with E-state index in [0.29, 0.717) is 17.9 Å². The van der Waals surface area contributed by atoms with Crippen LogP contribution in [0.5, 0.6) is 5.75 Å². The van der Waals surface area contributed by atoms with E-state index in [2.05, 4.69) is 0 Å². The summed E-state index contributed by atoms with van der Waals surface area (Å²) in [5.41, 5.74) is 1.34. The van der Waals surface area contributed by atoms with Crippen LogP contribution in [-0.2, 0) is 6.61 Å². The second-order valence-corrected chi connectivity index (χ2v) is 4.68. The van der Waals surface area contributed by atoms with E-state index < -0.39 is 18.8 Å². The summed E-state index contributed by atoms with van der Waals surface area (Å²) in [6.07, 6.45) is -2.35. The Morgan fingerprint density at radius 3 is 2.14 bits per heavy atom. The van der Waals surface area contributed by atoms with E-state index in [1.165, 1.54) is 12.1 Å². The molecule has 0 saturated carbocycles. The maximum absolute atomic E-state index is 12.8. The van der Waals surface area contributed by atoms with Crippen molar-refractivity contribution in [3.05, 3.63) is 65.5 Å². The molecule has 21 heavy (non-hydrogen) atoms. The van der Waals surface area contributed by atoms with E-state index >= 15 is 0 Å². The monoisotopic (exact) mass is 292 g/mol. The van der Waals surface area contributed by atoms with Crippen LogP contribution in [-0.4, -0.2) is 28.0 Å². The summed E-state index contributed by atoms with van der Waals surface area (Å²) < 4.78 is 18.3. The number of aliphatic hydroxyl groups excluding tert-OH is 3. The summed E-state index contributed by atoms with van der Waals surface area (Å²) in [5, 5.41) is 27.9. The minimum absolute atomic E-state index is 0.292. The number of aliphatic hydroxyl groups is 3. The summed E-state index contributed by atoms with van der Waals surface area (Å²) in [4.78, 5) is 0. The Balaban J connectivity index is 1.94. The SMILES string of the molecule is OCC(O)C(O)c1ccc(OCc2ccc(F)cc2)cc1. The third-order valence-corrected chi connectivity index (χ3v) is 3.09. The average Bonchev–Trinajstić information content (AvgIpc) is 2.53. The molecule has 0 aliphatic rings. The van der Waals surface area contributed by atoms with Crippen molar-refractivity contribution in [1.29, 1.82) is 0 Å². The smallest absolute Gasteiger partial charge is 0.123 e. The van der Waals surface area contributed by atoms with Crippen molar-refractivity contribution in [3.63, 3.8) is 0 Å². The predicted molar refractivity (Wildman–Crippen MR) is 75.2 cm³/mol. The molecule has 5 heteroatoms. The van der Waals surface area contributed by atoms with Gasteiger partial charge in [0.15, 0.2) is 0 Å². The van der Waals surface area contributed by atoms with Crippen molar-refractivity contribution in [2.75, 3.05) is 6.61 Å². The van der Waals surface area contributed by atoms with Crippen LogP contribution >= 0.6 is 0 Å². The van der Waals surface area contributed by atoms with Crippen molar-refractivity contribution in [3.8, 4) is 5.75 Å². The fourth-order valence-electron chi connectivity index (χ4n) is 1.83. The molecule has 0 radical (unpaired) electrons. The lowest BCUT2D eigenvalue weighted by Gasteiger charge is -2.16. The molecule has 2 aromatic carbocycles. The van der Waals surface area contributed by atoms with Gasteiger partial charge in [0, 0.05) is 0 Å². The number of halogens is 1. The Kier molecular flexibility index (Phi) is 5.27. The summed E-state index contributed by atoms with van der Waals surface area (Å²) in [7, 11) is 0. The molecule has 0 heterocycles. The van der Waals surface area contributed by atoms with E-state index in [1.807, 2.05) is 0 Å². The Labute approximate surface area is 122 Å². The largest absolute Gasteiger partial charge is 0.489 e. The standard InChI is InChI=1S/C16H17FO4/c17-13-5-1-11(2-6-13)10-21-14-7-3-12(4-8-14)16(20)15(19)9-18/h1-8,15-16,18-20H,9-10H2. The molecule has 112 valence electrons. The van der Waals surface area contributed by atoms with Crippen molar-refractivity contribution in [1.82, 2.24) is 0 Å². The van der Waals surface area contributed by atoms with Gasteiger partial charge in [0.1, 0.15) is 30.4 Å². The quantitative estimate of drug-likeness (QED) is 0.759. The van der Waals surface area contributed by atoms with Crippen LogP contribution < -0.4 is 4.74 Å². The summed E-state index contributed by atoms with van der Waals surface area (Å²) in [5.74, 6) is 0.299. The lowest BCUT2D eigenvalue weighted by atomic mass is 10.1. The highest BCUT2D eigenvalue weighted by molar-refractivity contribution is 5.29. The topological polar surface area (TPSA) is 69.9 Å². The first-order valence-corrected chi connectivity index (χ1v) is 6.54. The van der Waals surface area contributed by atoms with Gasteiger partial charge in [-0.2, -0.15) is 0 Å². The number of hydrogen-bond acceptors (Lipinski definition) is 4. The summed E-state index contributed by atoms with van der Waals surface area (Å²) in [6.45, 7) is -0.203. The molecule has 2 atom stereocenters. The van der Waals surface area contributed by atoms with Gasteiger partial charge in [0.05, 0.1) is 6.61 Å². The molecular formula is C16H17FO4. The first-order valence-electron chi connectivity index (χ1n) is 6.54. The fourth-order valence-corrected chi connectivity index (χ4v) is 1.83. The Hall–Kier alpha value is -1.95. The number of hydrogen-bond donors (Lipinski definition) is 3. The Bertz CT molecular complexity index is 553. The lowest BCUT2D eigenvalue weighted by Crippen LogP contribution is -2.21. The van der Waals surface area contributed by atoms with Crippen LogP contribution in [0.4, 0.5) is 4.39 Å². The van der Waals surface area contributed by atoms with Gasteiger partial charge >= 0.3 is 0 Å². The normalized spacial score (nSPS) is 13.7. The van der Waals surface area contributed by atoms with E-state index in [9.17, 15) is 14.6 Å². The van der Waals surface area contributed by atoms with Gasteiger partial charge in [0.2, 0.25) is 0 Å². The molecule has 0 aromatic heterocycles. The molecule has 0 bridgehead atoms. The first kappa shape index (κ1) is 15.4. The second kappa shape index (κ2) is 7.17. The van der Waals surface area contributed by atoms with Crippen molar-refractivity contribution >= 4 is 0 Å². The molecule has 3 N–H and O–H groups in total. The molecule has 2 rings (SSSR count). The van der Waals surface area contributed by atoms with Gasteiger partial charge in [-0.15, -0.1) is 0 Å². The summed E-state index contributed by atoms with van der Waals surface area (Å²) >= 11 is 0. The molecule has 4 nitrogen and oxygen atoms in total.